The molecule has 2 unspecified atom stereocenters. The van der Waals surface area contributed by atoms with Gasteiger partial charge in [-0.3, -0.25) is 19.4 Å². The third kappa shape index (κ3) is 16.5. The minimum atomic E-state index is -0.449. The number of Topliss-reactive ketones (excluding diaryl/α,β-unsaturated/α-hetero) is 1. The van der Waals surface area contributed by atoms with Gasteiger partial charge in [0.1, 0.15) is 0 Å². The van der Waals surface area contributed by atoms with Crippen molar-refractivity contribution in [3.05, 3.63) is 183 Å². The highest BCUT2D eigenvalue weighted by Gasteiger charge is 2.20. The molecule has 0 aliphatic carbocycles. The number of nitrogens with zero attached hydrogens (tertiary/aromatic N) is 1. The average Bonchev–Trinajstić information content (AvgIpc) is 3.36. The number of ether oxygens (including phenoxy) is 5. The Morgan fingerprint density at radius 3 is 1.29 bits per heavy atom. The Morgan fingerprint density at radius 1 is 0.485 bits per heavy atom. The van der Waals surface area contributed by atoms with Crippen molar-refractivity contribution >= 4 is 58.2 Å². The van der Waals surface area contributed by atoms with Gasteiger partial charge in [-0.05, 0) is 118 Å². The lowest BCUT2D eigenvalue weighted by molar-refractivity contribution is -0.145. The molecule has 0 aliphatic rings. The van der Waals surface area contributed by atoms with Crippen molar-refractivity contribution in [1.29, 1.82) is 0 Å². The number of carbonyl (C=O) groups excluding carboxylic acids is 6. The van der Waals surface area contributed by atoms with Gasteiger partial charge in [0.2, 0.25) is 0 Å². The first kappa shape index (κ1) is 53.3. The molecular weight excluding hydrogens is 953 g/mol. The number of rotatable bonds is 12. The van der Waals surface area contributed by atoms with Gasteiger partial charge >= 0.3 is 29.8 Å². The number of esters is 5. The Morgan fingerprint density at radius 2 is 0.879 bits per heavy atom. The molecule has 0 radical (unpaired) electrons. The average molecular weight is 1010 g/mol. The van der Waals surface area contributed by atoms with Crippen LogP contribution in [0.15, 0.2) is 146 Å². The maximum atomic E-state index is 12.4. The maximum absolute atomic E-state index is 12.4. The predicted molar refractivity (Wildman–Crippen MR) is 261 cm³/mol. The van der Waals surface area contributed by atoms with Gasteiger partial charge in [-0.15, -0.1) is 0 Å². The summed E-state index contributed by atoms with van der Waals surface area (Å²) in [5.74, 6) is -1.99. The van der Waals surface area contributed by atoms with Crippen LogP contribution in [-0.4, -0.2) is 76.2 Å². The van der Waals surface area contributed by atoms with E-state index in [-0.39, 0.29) is 35.5 Å². The largest absolute Gasteiger partial charge is 0.469 e. The lowest BCUT2D eigenvalue weighted by Gasteiger charge is -2.16. The zero-order valence-electron chi connectivity index (χ0n) is 38.2. The molecule has 5 aromatic carbocycles. The normalized spacial score (nSPS) is 10.9. The van der Waals surface area contributed by atoms with E-state index in [1.807, 2.05) is 97.9 Å². The van der Waals surface area contributed by atoms with Crippen LogP contribution in [0.2, 0.25) is 0 Å². The van der Waals surface area contributed by atoms with Crippen LogP contribution in [0.5, 0.6) is 0 Å². The van der Waals surface area contributed by atoms with E-state index >= 15 is 0 Å². The topological polar surface area (TPSA) is 161 Å². The minimum Gasteiger partial charge on any atom is -0.469 e. The fraction of sp³-hybridized carbons (Fsp3) is 0.226. The van der Waals surface area contributed by atoms with Crippen LogP contribution in [-0.2, 0) is 46.1 Å². The van der Waals surface area contributed by atoms with E-state index in [0.717, 1.165) is 26.7 Å². The van der Waals surface area contributed by atoms with Crippen LogP contribution in [0.25, 0.3) is 22.3 Å². The number of halogens is 1. The Labute approximate surface area is 399 Å². The molecule has 1 heterocycles. The first-order valence-corrected chi connectivity index (χ1v) is 21.7. The van der Waals surface area contributed by atoms with E-state index in [4.69, 9.17) is 14.2 Å². The van der Waals surface area contributed by atoms with E-state index in [9.17, 15) is 28.8 Å². The van der Waals surface area contributed by atoms with Crippen molar-refractivity contribution in [1.82, 2.24) is 4.98 Å². The molecule has 0 amide bonds. The van der Waals surface area contributed by atoms with Crippen molar-refractivity contribution in [3.63, 3.8) is 0 Å². The highest BCUT2D eigenvalue weighted by atomic mass is 127. The maximum Gasteiger partial charge on any atom is 0.338 e. The summed E-state index contributed by atoms with van der Waals surface area (Å²) in [5, 5.41) is 0. The van der Waals surface area contributed by atoms with Gasteiger partial charge in [-0.2, -0.15) is 0 Å². The van der Waals surface area contributed by atoms with Crippen LogP contribution in [0.1, 0.15) is 73.3 Å². The van der Waals surface area contributed by atoms with Gasteiger partial charge < -0.3 is 23.7 Å². The molecule has 66 heavy (non-hydrogen) atoms. The molecule has 0 spiro atoms. The van der Waals surface area contributed by atoms with E-state index in [1.165, 1.54) is 48.0 Å². The number of ketones is 1. The van der Waals surface area contributed by atoms with Crippen molar-refractivity contribution in [2.45, 2.75) is 33.6 Å². The van der Waals surface area contributed by atoms with E-state index in [1.54, 1.807) is 61.8 Å². The lowest BCUT2D eigenvalue weighted by atomic mass is 9.89. The van der Waals surface area contributed by atoms with Crippen LogP contribution >= 0.6 is 22.6 Å². The highest BCUT2D eigenvalue weighted by molar-refractivity contribution is 14.1. The van der Waals surface area contributed by atoms with Crippen LogP contribution < -0.4 is 0 Å². The molecule has 0 fully saturated rings. The summed E-state index contributed by atoms with van der Waals surface area (Å²) in [7, 11) is 6.84. The number of methoxy groups -OCH3 is 5. The van der Waals surface area contributed by atoms with Crippen molar-refractivity contribution in [2.24, 2.45) is 11.8 Å². The predicted octanol–water partition coefficient (Wildman–Crippen LogP) is 10.3. The third-order valence-corrected chi connectivity index (χ3v) is 10.7. The Kier molecular flexibility index (Phi) is 22.6. The number of hydrogen-bond acceptors (Lipinski definition) is 12. The highest BCUT2D eigenvalue weighted by Crippen LogP contribution is 2.33. The quantitative estimate of drug-likeness (QED) is 0.0495. The van der Waals surface area contributed by atoms with Gasteiger partial charge in [-0.1, -0.05) is 105 Å². The smallest absolute Gasteiger partial charge is 0.338 e. The van der Waals surface area contributed by atoms with Crippen LogP contribution in [0.4, 0.5) is 0 Å². The number of hydrogen-bond donors (Lipinski definition) is 0. The standard InChI is InChI=1S/C27H26O6.C11H14O2.C8H7IO2.C7H7NO/c1-17(25(28)31-2)13-18-14-19(21-9-5-7-11-23(21)26(29)32-3)16-20(15-18)22-10-6-8-12-24(22)27(30)33-4;1-9(11(12)13-2)8-10-6-4-3-5-7-10;1-11-8(10)6-4-2-3-5-7(6)9;1-6(9)7-2-4-8-5-3-7/h5-12,14-17H,13H2,1-4H3;3-7,9H,8H2,1-2H3;2-5H,1H3;2-5H,1H3. The zero-order valence-corrected chi connectivity index (χ0v) is 40.4. The summed E-state index contributed by atoms with van der Waals surface area (Å²) in [5.41, 5.74) is 7.11. The fourth-order valence-corrected chi connectivity index (χ4v) is 6.99. The Balaban J connectivity index is 0.000000283. The van der Waals surface area contributed by atoms with Crippen molar-refractivity contribution in [3.8, 4) is 22.3 Å². The number of aromatic nitrogens is 1. The molecule has 6 aromatic rings. The monoisotopic (exact) mass is 1010 g/mol. The van der Waals surface area contributed by atoms with E-state index in [2.05, 4.69) is 37.0 Å². The Hall–Kier alpha value is -7.00. The summed E-state index contributed by atoms with van der Waals surface area (Å²) in [6.45, 7) is 5.21. The number of benzene rings is 5. The molecule has 0 N–H and O–H groups in total. The SMILES string of the molecule is CC(=O)c1ccncc1.COC(=O)C(C)Cc1ccccc1.COC(=O)c1ccccc1-c1cc(CC(C)C(=O)OC)cc(-c2ccccc2C(=O)OC)c1.COC(=O)c1ccccc1I. The van der Waals surface area contributed by atoms with Gasteiger partial charge in [0.05, 0.1) is 64.1 Å². The second kappa shape index (κ2) is 28.0. The van der Waals surface area contributed by atoms with E-state index in [0.29, 0.717) is 39.8 Å². The summed E-state index contributed by atoms with van der Waals surface area (Å²) in [4.78, 5) is 73.3. The summed E-state index contributed by atoms with van der Waals surface area (Å²) >= 11 is 2.10. The summed E-state index contributed by atoms with van der Waals surface area (Å²) in [6, 6.07) is 40.7. The van der Waals surface area contributed by atoms with Gasteiger partial charge in [-0.25, -0.2) is 14.4 Å². The first-order chi connectivity index (χ1) is 31.7. The molecule has 0 saturated carbocycles. The molecule has 12 nitrogen and oxygen atoms in total. The van der Waals surface area contributed by atoms with Crippen molar-refractivity contribution in [2.75, 3.05) is 35.5 Å². The molecular formula is C53H54INO11. The summed E-state index contributed by atoms with van der Waals surface area (Å²) in [6.07, 6.45) is 4.38. The molecule has 0 bridgehead atoms. The van der Waals surface area contributed by atoms with Gasteiger partial charge in [0.15, 0.2) is 5.78 Å². The molecule has 0 aliphatic heterocycles. The molecule has 2 atom stereocenters. The van der Waals surface area contributed by atoms with Gasteiger partial charge in [0, 0.05) is 21.5 Å². The first-order valence-electron chi connectivity index (χ1n) is 20.6. The lowest BCUT2D eigenvalue weighted by Crippen LogP contribution is -2.15. The van der Waals surface area contributed by atoms with Crippen LogP contribution in [0.3, 0.4) is 0 Å². The second-order valence-corrected chi connectivity index (χ2v) is 15.7. The summed E-state index contributed by atoms with van der Waals surface area (Å²) < 4.78 is 24.9. The van der Waals surface area contributed by atoms with Gasteiger partial charge in [0.25, 0.3) is 0 Å². The molecule has 6 rings (SSSR count). The zero-order chi connectivity index (χ0) is 48.6. The number of pyridine rings is 1. The van der Waals surface area contributed by atoms with E-state index < -0.39 is 11.9 Å². The minimum absolute atomic E-state index is 0.0626. The van der Waals surface area contributed by atoms with Crippen molar-refractivity contribution < 1.29 is 52.5 Å². The molecule has 0 saturated heterocycles. The number of carbonyl (C=O) groups is 6. The fourth-order valence-electron chi connectivity index (χ4n) is 6.38. The molecule has 344 valence electrons. The Bertz CT molecular complexity index is 2470. The second-order valence-electron chi connectivity index (χ2n) is 14.5. The van der Waals surface area contributed by atoms with Crippen LogP contribution in [0, 0.1) is 15.4 Å². The molecule has 1 aromatic heterocycles. The third-order valence-electron chi connectivity index (χ3n) is 9.78. The molecule has 13 heteroatoms.